The van der Waals surface area contributed by atoms with Crippen LogP contribution in [-0.4, -0.2) is 18.1 Å². The van der Waals surface area contributed by atoms with E-state index in [9.17, 15) is 0 Å². The fraction of sp³-hybridized carbons (Fsp3) is 0.591. The second-order valence-electron chi connectivity index (χ2n) is 9.40. The molecule has 2 heterocycles. The molecule has 1 aliphatic rings. The molecule has 0 atom stereocenters. The average molecular weight is 357 g/mol. The molecule has 1 fully saturated rings. The van der Waals surface area contributed by atoms with Crippen molar-refractivity contribution in [2.75, 3.05) is 13.1 Å². The van der Waals surface area contributed by atoms with Gasteiger partial charge in [0.2, 0.25) is 0 Å². The van der Waals surface area contributed by atoms with E-state index < -0.39 is 0 Å². The first-order valence-electron chi connectivity index (χ1n) is 9.47. The smallest absolute Gasteiger partial charge is 0.123 e. The first-order valence-corrected chi connectivity index (χ1v) is 10.3. The summed E-state index contributed by atoms with van der Waals surface area (Å²) < 4.78 is 0. The van der Waals surface area contributed by atoms with E-state index in [1.54, 1.807) is 11.3 Å². The lowest BCUT2D eigenvalue weighted by atomic mass is 9.79. The molecule has 136 valence electrons. The van der Waals surface area contributed by atoms with Crippen molar-refractivity contribution in [3.63, 3.8) is 0 Å². The van der Waals surface area contributed by atoms with E-state index >= 15 is 0 Å². The van der Waals surface area contributed by atoms with Crippen LogP contribution in [0.15, 0.2) is 23.6 Å². The predicted molar refractivity (Wildman–Crippen MR) is 110 cm³/mol. The molecule has 0 aliphatic carbocycles. The average Bonchev–Trinajstić information content (AvgIpc) is 3.04. The van der Waals surface area contributed by atoms with Gasteiger partial charge in [-0.2, -0.15) is 0 Å². The van der Waals surface area contributed by atoms with Crippen LogP contribution >= 0.6 is 11.3 Å². The maximum absolute atomic E-state index is 5.04. The first kappa shape index (κ1) is 18.6. The van der Waals surface area contributed by atoms with Gasteiger partial charge in [0.1, 0.15) is 5.01 Å². The summed E-state index contributed by atoms with van der Waals surface area (Å²) in [5.74, 6) is 0.624. The topological polar surface area (TPSA) is 24.9 Å². The fourth-order valence-electron chi connectivity index (χ4n) is 3.34. The van der Waals surface area contributed by atoms with Crippen molar-refractivity contribution in [3.8, 4) is 10.6 Å². The Morgan fingerprint density at radius 2 is 1.48 bits per heavy atom. The Kier molecular flexibility index (Phi) is 5.09. The van der Waals surface area contributed by atoms with Gasteiger partial charge in [-0.3, -0.25) is 0 Å². The van der Waals surface area contributed by atoms with E-state index in [1.165, 1.54) is 40.2 Å². The number of thiazole rings is 1. The molecular weight excluding hydrogens is 324 g/mol. The lowest BCUT2D eigenvalue weighted by molar-refractivity contribution is 0.455. The summed E-state index contributed by atoms with van der Waals surface area (Å²) in [5.41, 5.74) is 5.65. The van der Waals surface area contributed by atoms with E-state index in [1.807, 2.05) is 0 Å². The first-order chi connectivity index (χ1) is 11.6. The largest absolute Gasteiger partial charge is 0.317 e. The van der Waals surface area contributed by atoms with Gasteiger partial charge in [0.15, 0.2) is 0 Å². The molecule has 25 heavy (non-hydrogen) atoms. The summed E-state index contributed by atoms with van der Waals surface area (Å²) >= 11 is 1.80. The predicted octanol–water partition coefficient (Wildman–Crippen LogP) is 5.87. The minimum atomic E-state index is 0.144. The van der Waals surface area contributed by atoms with Gasteiger partial charge in [-0.1, -0.05) is 47.6 Å². The SMILES string of the molecule is CC(C)(C)c1cc(-c2nc(C3CCNCC3)cs2)cc(C(C)(C)C)c1. The third-order valence-corrected chi connectivity index (χ3v) is 6.10. The van der Waals surface area contributed by atoms with Crippen molar-refractivity contribution in [2.45, 2.75) is 71.1 Å². The number of hydrogen-bond donors (Lipinski definition) is 1. The Balaban J connectivity index is 2.00. The van der Waals surface area contributed by atoms with E-state index in [-0.39, 0.29) is 10.8 Å². The summed E-state index contributed by atoms with van der Waals surface area (Å²) in [6, 6.07) is 7.07. The Hall–Kier alpha value is -1.19. The highest BCUT2D eigenvalue weighted by Crippen LogP contribution is 2.36. The molecule has 0 amide bonds. The van der Waals surface area contributed by atoms with Gasteiger partial charge >= 0.3 is 0 Å². The van der Waals surface area contributed by atoms with Gasteiger partial charge in [-0.05, 0) is 60.0 Å². The van der Waals surface area contributed by atoms with Gasteiger partial charge in [0.25, 0.3) is 0 Å². The van der Waals surface area contributed by atoms with Crippen LogP contribution < -0.4 is 5.32 Å². The van der Waals surface area contributed by atoms with Gasteiger partial charge in [-0.25, -0.2) is 4.98 Å². The van der Waals surface area contributed by atoms with Crippen LogP contribution in [0.1, 0.15) is 77.1 Å². The summed E-state index contributed by atoms with van der Waals surface area (Å²) in [7, 11) is 0. The monoisotopic (exact) mass is 356 g/mol. The Labute approximate surface area is 157 Å². The number of benzene rings is 1. The molecule has 0 unspecified atom stereocenters. The van der Waals surface area contributed by atoms with Crippen molar-refractivity contribution in [3.05, 3.63) is 40.4 Å². The number of nitrogens with one attached hydrogen (secondary N) is 1. The number of nitrogens with zero attached hydrogens (tertiary/aromatic N) is 1. The Morgan fingerprint density at radius 3 is 2.00 bits per heavy atom. The van der Waals surface area contributed by atoms with Crippen LogP contribution in [0.4, 0.5) is 0 Å². The zero-order chi connectivity index (χ0) is 18.2. The molecule has 2 aromatic rings. The van der Waals surface area contributed by atoms with Crippen LogP contribution in [0.3, 0.4) is 0 Å². The second-order valence-corrected chi connectivity index (χ2v) is 10.3. The number of rotatable bonds is 2. The van der Waals surface area contributed by atoms with Crippen LogP contribution in [-0.2, 0) is 10.8 Å². The standard InChI is InChI=1S/C22H32N2S/c1-21(2,3)17-11-16(12-18(13-17)22(4,5)6)20-24-19(14-25-20)15-7-9-23-10-8-15/h11-15,23H,7-10H2,1-6H3. The van der Waals surface area contributed by atoms with Crippen molar-refractivity contribution >= 4 is 11.3 Å². The number of hydrogen-bond acceptors (Lipinski definition) is 3. The maximum Gasteiger partial charge on any atom is 0.123 e. The van der Waals surface area contributed by atoms with E-state index in [2.05, 4.69) is 70.4 Å². The van der Waals surface area contributed by atoms with Crippen molar-refractivity contribution in [1.29, 1.82) is 0 Å². The number of piperidine rings is 1. The third-order valence-electron chi connectivity index (χ3n) is 5.19. The van der Waals surface area contributed by atoms with Crippen LogP contribution in [0, 0.1) is 0 Å². The van der Waals surface area contributed by atoms with E-state index in [0.717, 1.165) is 13.1 Å². The van der Waals surface area contributed by atoms with E-state index in [0.29, 0.717) is 5.92 Å². The molecule has 0 radical (unpaired) electrons. The highest BCUT2D eigenvalue weighted by Gasteiger charge is 2.23. The summed E-state index contributed by atoms with van der Waals surface area (Å²) in [5, 5.41) is 6.90. The molecule has 0 saturated carbocycles. The highest BCUT2D eigenvalue weighted by atomic mass is 32.1. The molecule has 1 aromatic heterocycles. The van der Waals surface area contributed by atoms with Crippen molar-refractivity contribution in [2.24, 2.45) is 0 Å². The summed E-state index contributed by atoms with van der Waals surface area (Å²) in [6.45, 7) is 16.0. The van der Waals surface area contributed by atoms with Gasteiger partial charge < -0.3 is 5.32 Å². The number of aromatic nitrogens is 1. The molecule has 3 rings (SSSR count). The Bertz CT molecular complexity index is 693. The third kappa shape index (κ3) is 4.32. The van der Waals surface area contributed by atoms with Crippen LogP contribution in [0.5, 0.6) is 0 Å². The van der Waals surface area contributed by atoms with Crippen LogP contribution in [0.2, 0.25) is 0 Å². The van der Waals surface area contributed by atoms with Crippen LogP contribution in [0.25, 0.3) is 10.6 Å². The zero-order valence-corrected chi connectivity index (χ0v) is 17.4. The zero-order valence-electron chi connectivity index (χ0n) is 16.6. The minimum absolute atomic E-state index is 0.144. The van der Waals surface area contributed by atoms with Crippen molar-refractivity contribution in [1.82, 2.24) is 10.3 Å². The molecule has 1 saturated heterocycles. The lowest BCUT2D eigenvalue weighted by Crippen LogP contribution is -2.26. The minimum Gasteiger partial charge on any atom is -0.317 e. The molecule has 1 N–H and O–H groups in total. The Morgan fingerprint density at radius 1 is 0.920 bits per heavy atom. The summed E-state index contributed by atoms with van der Waals surface area (Å²) in [6.07, 6.45) is 2.41. The summed E-state index contributed by atoms with van der Waals surface area (Å²) in [4.78, 5) is 5.04. The maximum atomic E-state index is 5.04. The van der Waals surface area contributed by atoms with Crippen molar-refractivity contribution < 1.29 is 0 Å². The lowest BCUT2D eigenvalue weighted by Gasteiger charge is -2.26. The molecule has 1 aromatic carbocycles. The van der Waals surface area contributed by atoms with Gasteiger partial charge in [0.05, 0.1) is 5.69 Å². The highest BCUT2D eigenvalue weighted by molar-refractivity contribution is 7.13. The second kappa shape index (κ2) is 6.85. The molecule has 1 aliphatic heterocycles. The van der Waals surface area contributed by atoms with Gasteiger partial charge in [0, 0.05) is 16.9 Å². The normalized spacial score (nSPS) is 17.0. The molecule has 0 spiro atoms. The fourth-order valence-corrected chi connectivity index (χ4v) is 4.23. The molecular formula is C22H32N2S. The molecule has 2 nitrogen and oxygen atoms in total. The molecule has 0 bridgehead atoms. The van der Waals surface area contributed by atoms with Gasteiger partial charge in [-0.15, -0.1) is 11.3 Å². The molecule has 3 heteroatoms. The quantitative estimate of drug-likeness (QED) is 0.727. The van der Waals surface area contributed by atoms with E-state index in [4.69, 9.17) is 4.98 Å².